The summed E-state index contributed by atoms with van der Waals surface area (Å²) < 4.78 is 0. The lowest BCUT2D eigenvalue weighted by Crippen LogP contribution is -2.59. The number of pyridine rings is 1. The van der Waals surface area contributed by atoms with Gasteiger partial charge in [0.2, 0.25) is 0 Å². The zero-order valence-electron chi connectivity index (χ0n) is 8.27. The fourth-order valence-electron chi connectivity index (χ4n) is 1.88. The molecule has 0 radical (unpaired) electrons. The van der Waals surface area contributed by atoms with Crippen LogP contribution in [0.5, 0.6) is 0 Å². The Balaban J connectivity index is 1.93. The highest BCUT2D eigenvalue weighted by molar-refractivity contribution is 5.31. The molecule has 0 saturated carbocycles. The molecule has 0 bridgehead atoms. The summed E-state index contributed by atoms with van der Waals surface area (Å²) in [6, 6.07) is 3.82. The van der Waals surface area contributed by atoms with Crippen LogP contribution in [0.1, 0.15) is 12.5 Å². The van der Waals surface area contributed by atoms with Crippen LogP contribution in [0.2, 0.25) is 0 Å². The zero-order chi connectivity index (χ0) is 10.2. The van der Waals surface area contributed by atoms with Crippen molar-refractivity contribution in [1.29, 1.82) is 0 Å². The van der Waals surface area contributed by atoms with Gasteiger partial charge in [-0.05, 0) is 24.6 Å². The highest BCUT2D eigenvalue weighted by Crippen LogP contribution is 2.22. The molecule has 4 nitrogen and oxygen atoms in total. The Hall–Kier alpha value is -1.13. The number of anilines is 1. The van der Waals surface area contributed by atoms with Gasteiger partial charge >= 0.3 is 0 Å². The average molecular weight is 193 g/mol. The summed E-state index contributed by atoms with van der Waals surface area (Å²) in [4.78, 5) is 6.10. The third kappa shape index (κ3) is 2.02. The standard InChI is InChI=1S/C10H15N3O/c1-10(14)6-13(7-10)5-8-2-3-12-9(11)4-8/h2-4,14H,5-7H2,1H3,(H2,11,12). The number of aromatic nitrogens is 1. The summed E-state index contributed by atoms with van der Waals surface area (Å²) in [5.74, 6) is 0.551. The first-order valence-electron chi connectivity index (χ1n) is 4.70. The molecule has 1 saturated heterocycles. The first-order valence-corrected chi connectivity index (χ1v) is 4.70. The minimum atomic E-state index is -0.501. The maximum absolute atomic E-state index is 9.54. The smallest absolute Gasteiger partial charge is 0.123 e. The monoisotopic (exact) mass is 193 g/mol. The Kier molecular flexibility index (Phi) is 2.17. The minimum absolute atomic E-state index is 0.501. The van der Waals surface area contributed by atoms with Crippen molar-refractivity contribution in [2.24, 2.45) is 0 Å². The van der Waals surface area contributed by atoms with E-state index in [2.05, 4.69) is 9.88 Å². The Bertz CT molecular complexity index is 330. The molecule has 2 rings (SSSR count). The van der Waals surface area contributed by atoms with E-state index in [9.17, 15) is 5.11 Å². The number of aliphatic hydroxyl groups is 1. The Morgan fingerprint density at radius 1 is 1.64 bits per heavy atom. The summed E-state index contributed by atoms with van der Waals surface area (Å²) in [5.41, 5.74) is 6.21. The second-order valence-electron chi connectivity index (χ2n) is 4.23. The van der Waals surface area contributed by atoms with Crippen LogP contribution >= 0.6 is 0 Å². The first kappa shape index (κ1) is 9.43. The number of nitrogens with two attached hydrogens (primary N) is 1. The second kappa shape index (κ2) is 3.22. The predicted octanol–water partition coefficient (Wildman–Crippen LogP) is 0.230. The molecule has 0 amide bonds. The number of hydrogen-bond donors (Lipinski definition) is 2. The molecular weight excluding hydrogens is 178 g/mol. The van der Waals surface area contributed by atoms with Gasteiger partial charge in [0.25, 0.3) is 0 Å². The van der Waals surface area contributed by atoms with Gasteiger partial charge in [-0.1, -0.05) is 0 Å². The van der Waals surface area contributed by atoms with E-state index >= 15 is 0 Å². The quantitative estimate of drug-likeness (QED) is 0.706. The van der Waals surface area contributed by atoms with Gasteiger partial charge in [-0.3, -0.25) is 4.90 Å². The normalized spacial score (nSPS) is 20.4. The zero-order valence-corrected chi connectivity index (χ0v) is 8.27. The molecule has 0 aliphatic carbocycles. The van der Waals surface area contributed by atoms with Gasteiger partial charge < -0.3 is 10.8 Å². The third-order valence-corrected chi connectivity index (χ3v) is 2.38. The van der Waals surface area contributed by atoms with Crippen LogP contribution in [0.25, 0.3) is 0 Å². The van der Waals surface area contributed by atoms with E-state index in [4.69, 9.17) is 5.73 Å². The molecule has 14 heavy (non-hydrogen) atoms. The van der Waals surface area contributed by atoms with E-state index in [-0.39, 0.29) is 0 Å². The van der Waals surface area contributed by atoms with Crippen LogP contribution < -0.4 is 5.73 Å². The van der Waals surface area contributed by atoms with Crippen LogP contribution in [0.4, 0.5) is 5.82 Å². The Morgan fingerprint density at radius 2 is 2.36 bits per heavy atom. The van der Waals surface area contributed by atoms with Crippen molar-refractivity contribution in [3.8, 4) is 0 Å². The van der Waals surface area contributed by atoms with E-state index in [1.807, 2.05) is 19.1 Å². The summed E-state index contributed by atoms with van der Waals surface area (Å²) in [6.07, 6.45) is 1.71. The summed E-state index contributed by atoms with van der Waals surface area (Å²) >= 11 is 0. The van der Waals surface area contributed by atoms with Crippen molar-refractivity contribution < 1.29 is 5.11 Å². The number of rotatable bonds is 2. The van der Waals surface area contributed by atoms with E-state index in [1.54, 1.807) is 6.20 Å². The van der Waals surface area contributed by atoms with Gasteiger partial charge in [-0.15, -0.1) is 0 Å². The van der Waals surface area contributed by atoms with E-state index in [0.717, 1.165) is 25.2 Å². The SMILES string of the molecule is CC1(O)CN(Cc2ccnc(N)c2)C1. The predicted molar refractivity (Wildman–Crippen MR) is 54.6 cm³/mol. The number of nitrogens with zero attached hydrogens (tertiary/aromatic N) is 2. The second-order valence-corrected chi connectivity index (χ2v) is 4.23. The average Bonchev–Trinajstić information content (AvgIpc) is 2.00. The molecular formula is C10H15N3O. The number of β-amino-alcohol motifs (C(OH)–C–C–N with tert-alkyl or cyclic N) is 1. The van der Waals surface area contributed by atoms with Crippen molar-refractivity contribution in [2.45, 2.75) is 19.1 Å². The van der Waals surface area contributed by atoms with Crippen molar-refractivity contribution >= 4 is 5.82 Å². The van der Waals surface area contributed by atoms with Crippen LogP contribution in [-0.4, -0.2) is 33.7 Å². The lowest BCUT2D eigenvalue weighted by molar-refractivity contribution is -0.0871. The van der Waals surface area contributed by atoms with Gasteiger partial charge in [0.15, 0.2) is 0 Å². The van der Waals surface area contributed by atoms with E-state index in [1.165, 1.54) is 0 Å². The number of hydrogen-bond acceptors (Lipinski definition) is 4. The topological polar surface area (TPSA) is 62.4 Å². The lowest BCUT2D eigenvalue weighted by Gasteiger charge is -2.44. The van der Waals surface area contributed by atoms with Crippen molar-refractivity contribution in [2.75, 3.05) is 18.8 Å². The molecule has 1 aliphatic heterocycles. The number of likely N-dealkylation sites (tertiary alicyclic amines) is 1. The maximum atomic E-state index is 9.54. The van der Waals surface area contributed by atoms with Crippen molar-refractivity contribution in [1.82, 2.24) is 9.88 Å². The van der Waals surface area contributed by atoms with Gasteiger partial charge in [0.05, 0.1) is 5.60 Å². The van der Waals surface area contributed by atoms with Crippen LogP contribution in [0.15, 0.2) is 18.3 Å². The molecule has 1 aromatic rings. The van der Waals surface area contributed by atoms with Gasteiger partial charge in [-0.25, -0.2) is 4.98 Å². The summed E-state index contributed by atoms with van der Waals surface area (Å²) in [7, 11) is 0. The molecule has 3 N–H and O–H groups in total. The minimum Gasteiger partial charge on any atom is -0.388 e. The van der Waals surface area contributed by atoms with Gasteiger partial charge in [0, 0.05) is 25.8 Å². The molecule has 76 valence electrons. The van der Waals surface area contributed by atoms with E-state index < -0.39 is 5.60 Å². The van der Waals surface area contributed by atoms with Crippen molar-refractivity contribution in [3.05, 3.63) is 23.9 Å². The maximum Gasteiger partial charge on any atom is 0.123 e. The molecule has 0 atom stereocenters. The van der Waals surface area contributed by atoms with Gasteiger partial charge in [0.1, 0.15) is 5.82 Å². The first-order chi connectivity index (χ1) is 6.55. The van der Waals surface area contributed by atoms with Crippen LogP contribution in [-0.2, 0) is 6.54 Å². The number of nitrogen functional groups attached to an aromatic ring is 1. The molecule has 4 heteroatoms. The third-order valence-electron chi connectivity index (χ3n) is 2.38. The highest BCUT2D eigenvalue weighted by Gasteiger charge is 2.35. The Morgan fingerprint density at radius 3 is 2.93 bits per heavy atom. The van der Waals surface area contributed by atoms with Gasteiger partial charge in [-0.2, -0.15) is 0 Å². The largest absolute Gasteiger partial charge is 0.388 e. The Labute approximate surface area is 83.4 Å². The van der Waals surface area contributed by atoms with Crippen LogP contribution in [0.3, 0.4) is 0 Å². The molecule has 2 heterocycles. The summed E-state index contributed by atoms with van der Waals surface area (Å²) in [5, 5.41) is 9.54. The molecule has 0 spiro atoms. The van der Waals surface area contributed by atoms with E-state index in [0.29, 0.717) is 5.82 Å². The highest BCUT2D eigenvalue weighted by atomic mass is 16.3. The lowest BCUT2D eigenvalue weighted by atomic mass is 9.96. The van der Waals surface area contributed by atoms with Crippen LogP contribution in [0, 0.1) is 0 Å². The van der Waals surface area contributed by atoms with Crippen molar-refractivity contribution in [3.63, 3.8) is 0 Å². The summed E-state index contributed by atoms with van der Waals surface area (Å²) in [6.45, 7) is 4.15. The molecule has 0 aromatic carbocycles. The fraction of sp³-hybridized carbons (Fsp3) is 0.500. The fourth-order valence-corrected chi connectivity index (χ4v) is 1.88. The molecule has 1 fully saturated rings. The molecule has 0 unspecified atom stereocenters. The molecule has 1 aromatic heterocycles. The molecule has 1 aliphatic rings.